The van der Waals surface area contributed by atoms with Crippen molar-refractivity contribution in [2.24, 2.45) is 5.73 Å². The van der Waals surface area contributed by atoms with Crippen molar-refractivity contribution in [3.05, 3.63) is 41.5 Å². The van der Waals surface area contributed by atoms with Crippen LogP contribution in [0.2, 0.25) is 0 Å². The Morgan fingerprint density at radius 1 is 1.22 bits per heavy atom. The first-order valence-electron chi connectivity index (χ1n) is 6.39. The molecule has 0 bridgehead atoms. The quantitative estimate of drug-likeness (QED) is 0.694. The van der Waals surface area contributed by atoms with Gasteiger partial charge in [-0.2, -0.15) is 0 Å². The summed E-state index contributed by atoms with van der Waals surface area (Å²) in [6.07, 6.45) is 8.28. The number of aryl methyl sites for hydroxylation is 1. The number of benzene rings is 1. The Morgan fingerprint density at radius 2 is 1.94 bits per heavy atom. The molecule has 3 N–H and O–H groups in total. The lowest BCUT2D eigenvalue weighted by Crippen LogP contribution is -1.97. The number of allylic oxidation sites excluding steroid dienone is 1. The number of rotatable bonds is 8. The molecule has 1 aromatic rings. The van der Waals surface area contributed by atoms with Crippen LogP contribution in [0.25, 0.3) is 6.08 Å². The number of carboxylic acids is 1. The van der Waals surface area contributed by atoms with E-state index in [9.17, 15) is 4.79 Å². The fourth-order valence-electron chi connectivity index (χ4n) is 1.67. The first-order chi connectivity index (χ1) is 8.72. The lowest BCUT2D eigenvalue weighted by atomic mass is 10.1. The molecule has 0 aliphatic rings. The number of aliphatic carboxylic acids is 1. The first-order valence-corrected chi connectivity index (χ1v) is 6.39. The van der Waals surface area contributed by atoms with Crippen LogP contribution < -0.4 is 5.73 Å². The summed E-state index contributed by atoms with van der Waals surface area (Å²) in [7, 11) is 0. The van der Waals surface area contributed by atoms with Crippen LogP contribution in [0.15, 0.2) is 30.3 Å². The average molecular weight is 247 g/mol. The zero-order valence-electron chi connectivity index (χ0n) is 10.6. The topological polar surface area (TPSA) is 63.3 Å². The average Bonchev–Trinajstić information content (AvgIpc) is 2.37. The smallest absolute Gasteiger partial charge is 0.303 e. The maximum atomic E-state index is 10.4. The predicted molar refractivity (Wildman–Crippen MR) is 74.3 cm³/mol. The van der Waals surface area contributed by atoms with Gasteiger partial charge in [-0.15, -0.1) is 0 Å². The van der Waals surface area contributed by atoms with E-state index in [4.69, 9.17) is 10.8 Å². The molecule has 0 unspecified atom stereocenters. The van der Waals surface area contributed by atoms with E-state index in [1.165, 1.54) is 0 Å². The van der Waals surface area contributed by atoms with Gasteiger partial charge in [0, 0.05) is 6.42 Å². The minimum Gasteiger partial charge on any atom is -0.481 e. The second kappa shape index (κ2) is 8.48. The Labute approximate surface area is 108 Å². The highest BCUT2D eigenvalue weighted by atomic mass is 16.4. The molecule has 0 atom stereocenters. The summed E-state index contributed by atoms with van der Waals surface area (Å²) in [4.78, 5) is 10.4. The highest BCUT2D eigenvalue weighted by molar-refractivity contribution is 5.67. The third kappa shape index (κ3) is 6.21. The Kier molecular flexibility index (Phi) is 6.81. The molecule has 0 amide bonds. The standard InChI is InChI=1S/C15H21NO2/c16-12-4-2-1-3-5-13-6-8-14(9-7-13)10-11-15(17)18/h3,5-9H,1-2,4,10-12,16H2,(H,17,18). The van der Waals surface area contributed by atoms with Crippen LogP contribution in [0, 0.1) is 0 Å². The third-order valence-corrected chi connectivity index (χ3v) is 2.74. The van der Waals surface area contributed by atoms with Crippen molar-refractivity contribution in [1.29, 1.82) is 0 Å². The molecule has 3 nitrogen and oxygen atoms in total. The van der Waals surface area contributed by atoms with Crippen molar-refractivity contribution < 1.29 is 9.90 Å². The largest absolute Gasteiger partial charge is 0.481 e. The zero-order chi connectivity index (χ0) is 13.2. The highest BCUT2D eigenvalue weighted by Gasteiger charge is 1.98. The Bertz CT molecular complexity index is 382. The SMILES string of the molecule is NCCCCC=Cc1ccc(CCC(=O)O)cc1. The van der Waals surface area contributed by atoms with Crippen molar-refractivity contribution in [3.8, 4) is 0 Å². The summed E-state index contributed by atoms with van der Waals surface area (Å²) >= 11 is 0. The Balaban J connectivity index is 2.37. The summed E-state index contributed by atoms with van der Waals surface area (Å²) < 4.78 is 0. The summed E-state index contributed by atoms with van der Waals surface area (Å²) in [5.41, 5.74) is 7.64. The van der Waals surface area contributed by atoms with Crippen LogP contribution >= 0.6 is 0 Å². The number of hydrogen-bond acceptors (Lipinski definition) is 2. The van der Waals surface area contributed by atoms with Crippen molar-refractivity contribution in [2.75, 3.05) is 6.54 Å². The van der Waals surface area contributed by atoms with Crippen molar-refractivity contribution in [3.63, 3.8) is 0 Å². The lowest BCUT2D eigenvalue weighted by Gasteiger charge is -1.99. The van der Waals surface area contributed by atoms with Gasteiger partial charge >= 0.3 is 5.97 Å². The normalized spacial score (nSPS) is 10.9. The molecule has 0 saturated carbocycles. The second-order valence-electron chi connectivity index (χ2n) is 4.32. The molecule has 0 radical (unpaired) electrons. The van der Waals surface area contributed by atoms with Crippen LogP contribution in [0.4, 0.5) is 0 Å². The summed E-state index contributed by atoms with van der Waals surface area (Å²) in [6.45, 7) is 0.756. The fraction of sp³-hybridized carbons (Fsp3) is 0.400. The summed E-state index contributed by atoms with van der Waals surface area (Å²) in [5.74, 6) is -0.751. The molecule has 0 aliphatic carbocycles. The molecule has 3 heteroatoms. The van der Waals surface area contributed by atoms with Crippen LogP contribution in [0.5, 0.6) is 0 Å². The molecular formula is C15H21NO2. The Morgan fingerprint density at radius 3 is 2.56 bits per heavy atom. The minimum absolute atomic E-state index is 0.189. The van der Waals surface area contributed by atoms with E-state index in [2.05, 4.69) is 12.2 Å². The molecule has 1 aromatic carbocycles. The second-order valence-corrected chi connectivity index (χ2v) is 4.32. The number of unbranched alkanes of at least 4 members (excludes halogenated alkanes) is 2. The van der Waals surface area contributed by atoms with Gasteiger partial charge in [-0.25, -0.2) is 0 Å². The van der Waals surface area contributed by atoms with Crippen LogP contribution in [-0.2, 0) is 11.2 Å². The van der Waals surface area contributed by atoms with E-state index in [1.54, 1.807) is 0 Å². The molecule has 0 aromatic heterocycles. The van der Waals surface area contributed by atoms with Gasteiger partial charge in [0.2, 0.25) is 0 Å². The van der Waals surface area contributed by atoms with E-state index in [0.717, 1.165) is 36.9 Å². The molecule has 1 rings (SSSR count). The molecule has 0 aliphatic heterocycles. The number of hydrogen-bond donors (Lipinski definition) is 2. The van der Waals surface area contributed by atoms with Crippen LogP contribution in [0.3, 0.4) is 0 Å². The van der Waals surface area contributed by atoms with Gasteiger partial charge in [-0.3, -0.25) is 4.79 Å². The van der Waals surface area contributed by atoms with E-state index in [1.807, 2.05) is 24.3 Å². The highest BCUT2D eigenvalue weighted by Crippen LogP contribution is 2.09. The van der Waals surface area contributed by atoms with E-state index in [0.29, 0.717) is 6.42 Å². The van der Waals surface area contributed by atoms with Gasteiger partial charge in [0.15, 0.2) is 0 Å². The predicted octanol–water partition coefficient (Wildman–Crippen LogP) is 2.85. The molecule has 0 spiro atoms. The van der Waals surface area contributed by atoms with Crippen LogP contribution in [-0.4, -0.2) is 17.6 Å². The van der Waals surface area contributed by atoms with Crippen LogP contribution in [0.1, 0.15) is 36.8 Å². The maximum absolute atomic E-state index is 10.4. The van der Waals surface area contributed by atoms with Gasteiger partial charge < -0.3 is 10.8 Å². The minimum atomic E-state index is -0.751. The zero-order valence-corrected chi connectivity index (χ0v) is 10.6. The lowest BCUT2D eigenvalue weighted by molar-refractivity contribution is -0.136. The monoisotopic (exact) mass is 247 g/mol. The summed E-state index contributed by atoms with van der Waals surface area (Å²) in [6, 6.07) is 8.03. The Hall–Kier alpha value is -1.61. The number of carbonyl (C=O) groups is 1. The van der Waals surface area contributed by atoms with E-state index < -0.39 is 5.97 Å². The molecule has 0 heterocycles. The van der Waals surface area contributed by atoms with Gasteiger partial charge in [0.05, 0.1) is 0 Å². The van der Waals surface area contributed by atoms with Gasteiger partial charge in [-0.05, 0) is 43.4 Å². The molecule has 0 fully saturated rings. The first kappa shape index (κ1) is 14.5. The van der Waals surface area contributed by atoms with E-state index >= 15 is 0 Å². The van der Waals surface area contributed by atoms with Gasteiger partial charge in [0.1, 0.15) is 0 Å². The molecular weight excluding hydrogens is 226 g/mol. The third-order valence-electron chi connectivity index (χ3n) is 2.74. The van der Waals surface area contributed by atoms with Crippen molar-refractivity contribution >= 4 is 12.0 Å². The fourth-order valence-corrected chi connectivity index (χ4v) is 1.67. The molecule has 0 saturated heterocycles. The van der Waals surface area contributed by atoms with Crippen molar-refractivity contribution in [1.82, 2.24) is 0 Å². The number of nitrogens with two attached hydrogens (primary N) is 1. The number of carboxylic acid groups (broad SMARTS) is 1. The summed E-state index contributed by atoms with van der Waals surface area (Å²) in [5, 5.41) is 8.60. The molecule has 98 valence electrons. The van der Waals surface area contributed by atoms with E-state index in [-0.39, 0.29) is 6.42 Å². The maximum Gasteiger partial charge on any atom is 0.303 e. The van der Waals surface area contributed by atoms with Gasteiger partial charge in [0.25, 0.3) is 0 Å². The molecule has 18 heavy (non-hydrogen) atoms. The van der Waals surface area contributed by atoms with Gasteiger partial charge in [-0.1, -0.05) is 36.4 Å². The van der Waals surface area contributed by atoms with Crippen molar-refractivity contribution in [2.45, 2.75) is 32.1 Å².